The van der Waals surface area contributed by atoms with Gasteiger partial charge in [-0.2, -0.15) is 0 Å². The number of amides is 2. The molecule has 2 amide bonds. The van der Waals surface area contributed by atoms with Gasteiger partial charge in [0.1, 0.15) is 10.7 Å². The molecule has 144 valence electrons. The van der Waals surface area contributed by atoms with Crippen LogP contribution in [0.25, 0.3) is 10.6 Å². The van der Waals surface area contributed by atoms with Crippen molar-refractivity contribution in [2.45, 2.75) is 20.8 Å². The zero-order valence-electron chi connectivity index (χ0n) is 16.2. The maximum Gasteiger partial charge on any atom is 0.275 e. The minimum absolute atomic E-state index is 0.00915. The number of hydrogen-bond donors (Lipinski definition) is 1. The summed E-state index contributed by atoms with van der Waals surface area (Å²) in [6, 6.07) is 15.0. The Hall–Kier alpha value is -2.99. The topological polar surface area (TPSA) is 62.3 Å². The van der Waals surface area contributed by atoms with E-state index >= 15 is 0 Å². The van der Waals surface area contributed by atoms with E-state index in [1.54, 1.807) is 34.5 Å². The normalized spacial score (nSPS) is 10.5. The van der Waals surface area contributed by atoms with Crippen LogP contribution in [0, 0.1) is 6.92 Å². The first-order chi connectivity index (χ1) is 13.5. The molecule has 0 saturated carbocycles. The molecule has 0 fully saturated rings. The molecule has 0 aliphatic carbocycles. The predicted molar refractivity (Wildman–Crippen MR) is 114 cm³/mol. The summed E-state index contributed by atoms with van der Waals surface area (Å²) in [4.78, 5) is 31.0. The van der Waals surface area contributed by atoms with Gasteiger partial charge in [0, 0.05) is 35.3 Å². The van der Waals surface area contributed by atoms with E-state index in [0.717, 1.165) is 10.6 Å². The molecule has 3 rings (SSSR count). The first kappa shape index (κ1) is 19.8. The lowest BCUT2D eigenvalue weighted by molar-refractivity contribution is 0.0773. The summed E-state index contributed by atoms with van der Waals surface area (Å²) in [5.74, 6) is -0.275. The van der Waals surface area contributed by atoms with Crippen molar-refractivity contribution in [3.63, 3.8) is 0 Å². The highest BCUT2D eigenvalue weighted by molar-refractivity contribution is 7.13. The number of rotatable bonds is 6. The molecule has 1 N–H and O–H groups in total. The number of thiazole rings is 1. The van der Waals surface area contributed by atoms with Crippen molar-refractivity contribution in [2.75, 3.05) is 18.4 Å². The molecule has 0 unspecified atom stereocenters. The minimum atomic E-state index is -0.266. The highest BCUT2D eigenvalue weighted by atomic mass is 32.1. The maximum absolute atomic E-state index is 12.5. The fourth-order valence-corrected chi connectivity index (χ4v) is 3.60. The molecule has 3 aromatic rings. The maximum atomic E-state index is 12.5. The van der Waals surface area contributed by atoms with Crippen LogP contribution in [0.15, 0.2) is 53.9 Å². The predicted octanol–water partition coefficient (Wildman–Crippen LogP) is 4.85. The number of carbonyl (C=O) groups excluding carboxylic acids is 2. The van der Waals surface area contributed by atoms with Gasteiger partial charge in [-0.1, -0.05) is 29.8 Å². The van der Waals surface area contributed by atoms with Crippen LogP contribution in [0.1, 0.15) is 40.3 Å². The molecule has 0 saturated heterocycles. The van der Waals surface area contributed by atoms with Crippen LogP contribution in [0.5, 0.6) is 0 Å². The van der Waals surface area contributed by atoms with Gasteiger partial charge < -0.3 is 10.2 Å². The van der Waals surface area contributed by atoms with E-state index in [1.807, 2.05) is 45.0 Å². The Labute approximate surface area is 169 Å². The van der Waals surface area contributed by atoms with Gasteiger partial charge in [-0.25, -0.2) is 4.98 Å². The Balaban J connectivity index is 1.68. The lowest BCUT2D eigenvalue weighted by Crippen LogP contribution is -2.30. The molecular weight excluding hydrogens is 370 g/mol. The molecule has 28 heavy (non-hydrogen) atoms. The summed E-state index contributed by atoms with van der Waals surface area (Å²) in [5.41, 5.74) is 3.79. The molecule has 0 aliphatic rings. The first-order valence-corrected chi connectivity index (χ1v) is 10.1. The fourth-order valence-electron chi connectivity index (χ4n) is 2.79. The smallest absolute Gasteiger partial charge is 0.275 e. The number of hydrogen-bond acceptors (Lipinski definition) is 4. The monoisotopic (exact) mass is 393 g/mol. The van der Waals surface area contributed by atoms with Crippen molar-refractivity contribution in [3.8, 4) is 10.6 Å². The zero-order valence-corrected chi connectivity index (χ0v) is 17.0. The Morgan fingerprint density at radius 3 is 2.25 bits per heavy atom. The second kappa shape index (κ2) is 8.80. The fraction of sp³-hybridized carbons (Fsp3) is 0.227. The zero-order chi connectivity index (χ0) is 20.1. The van der Waals surface area contributed by atoms with Gasteiger partial charge in [0.15, 0.2) is 0 Å². The number of aryl methyl sites for hydroxylation is 1. The van der Waals surface area contributed by atoms with Gasteiger partial charge in [0.25, 0.3) is 11.8 Å². The summed E-state index contributed by atoms with van der Waals surface area (Å²) >= 11 is 1.44. The summed E-state index contributed by atoms with van der Waals surface area (Å²) in [5, 5.41) is 5.40. The molecule has 0 spiro atoms. The van der Waals surface area contributed by atoms with Crippen molar-refractivity contribution in [1.82, 2.24) is 9.88 Å². The number of nitrogens with zero attached hydrogens (tertiary/aromatic N) is 2. The first-order valence-electron chi connectivity index (χ1n) is 9.25. The van der Waals surface area contributed by atoms with Gasteiger partial charge in [-0.05, 0) is 45.0 Å². The van der Waals surface area contributed by atoms with E-state index < -0.39 is 0 Å². The van der Waals surface area contributed by atoms with Crippen LogP contribution < -0.4 is 5.32 Å². The van der Waals surface area contributed by atoms with Crippen molar-refractivity contribution in [2.24, 2.45) is 0 Å². The molecule has 0 atom stereocenters. The quantitative estimate of drug-likeness (QED) is 0.651. The van der Waals surface area contributed by atoms with Gasteiger partial charge in [0.2, 0.25) is 0 Å². The second-order valence-electron chi connectivity index (χ2n) is 6.41. The van der Waals surface area contributed by atoms with Gasteiger partial charge in [-0.15, -0.1) is 11.3 Å². The van der Waals surface area contributed by atoms with E-state index in [1.165, 1.54) is 16.9 Å². The average molecular weight is 394 g/mol. The van der Waals surface area contributed by atoms with Crippen LogP contribution >= 0.6 is 11.3 Å². The molecule has 0 radical (unpaired) electrons. The second-order valence-corrected chi connectivity index (χ2v) is 7.27. The van der Waals surface area contributed by atoms with Gasteiger partial charge in [0.05, 0.1) is 0 Å². The highest BCUT2D eigenvalue weighted by Gasteiger charge is 2.14. The third-order valence-corrected chi connectivity index (χ3v) is 5.37. The van der Waals surface area contributed by atoms with Crippen molar-refractivity contribution < 1.29 is 9.59 Å². The van der Waals surface area contributed by atoms with E-state index in [4.69, 9.17) is 0 Å². The van der Waals surface area contributed by atoms with Gasteiger partial charge in [-0.3, -0.25) is 9.59 Å². The molecule has 6 heteroatoms. The molecule has 5 nitrogen and oxygen atoms in total. The average Bonchev–Trinajstić information content (AvgIpc) is 3.20. The Morgan fingerprint density at radius 1 is 1.00 bits per heavy atom. The standard InChI is InChI=1S/C22H23N3O2S/c1-4-25(5-2)22(27)17-10-12-18(13-11-17)23-20(26)19-14-28-21(24-19)16-8-6-15(3)7-9-16/h6-14H,4-5H2,1-3H3,(H,23,26). The largest absolute Gasteiger partial charge is 0.339 e. The van der Waals surface area contributed by atoms with Crippen LogP contribution in [0.3, 0.4) is 0 Å². The number of nitrogens with one attached hydrogen (secondary N) is 1. The van der Waals surface area contributed by atoms with Crippen molar-refractivity contribution in [1.29, 1.82) is 0 Å². The van der Waals surface area contributed by atoms with E-state index in [-0.39, 0.29) is 11.8 Å². The van der Waals surface area contributed by atoms with Gasteiger partial charge >= 0.3 is 0 Å². The van der Waals surface area contributed by atoms with Crippen molar-refractivity contribution >= 4 is 28.8 Å². The summed E-state index contributed by atoms with van der Waals surface area (Å²) in [7, 11) is 0. The lowest BCUT2D eigenvalue weighted by Gasteiger charge is -2.18. The number of aromatic nitrogens is 1. The van der Waals surface area contributed by atoms with Crippen LogP contribution in [-0.2, 0) is 0 Å². The molecule has 0 bridgehead atoms. The van der Waals surface area contributed by atoms with E-state index in [2.05, 4.69) is 10.3 Å². The Morgan fingerprint density at radius 2 is 1.64 bits per heavy atom. The third-order valence-electron chi connectivity index (χ3n) is 4.48. The molecule has 1 heterocycles. The number of benzene rings is 2. The van der Waals surface area contributed by atoms with E-state index in [0.29, 0.717) is 30.0 Å². The number of carbonyl (C=O) groups is 2. The third kappa shape index (κ3) is 4.46. The summed E-state index contributed by atoms with van der Waals surface area (Å²) in [6.07, 6.45) is 0. The highest BCUT2D eigenvalue weighted by Crippen LogP contribution is 2.24. The molecule has 2 aromatic carbocycles. The van der Waals surface area contributed by atoms with Crippen LogP contribution in [0.2, 0.25) is 0 Å². The van der Waals surface area contributed by atoms with Crippen LogP contribution in [-0.4, -0.2) is 34.8 Å². The van der Waals surface area contributed by atoms with E-state index in [9.17, 15) is 9.59 Å². The molecule has 1 aromatic heterocycles. The molecular formula is C22H23N3O2S. The van der Waals surface area contributed by atoms with Crippen molar-refractivity contribution in [3.05, 3.63) is 70.7 Å². The Kier molecular flexibility index (Phi) is 6.21. The summed E-state index contributed by atoms with van der Waals surface area (Å²) < 4.78 is 0. The number of anilines is 1. The van der Waals surface area contributed by atoms with Crippen LogP contribution in [0.4, 0.5) is 5.69 Å². The SMILES string of the molecule is CCN(CC)C(=O)c1ccc(NC(=O)c2csc(-c3ccc(C)cc3)n2)cc1. The lowest BCUT2D eigenvalue weighted by atomic mass is 10.1. The Bertz CT molecular complexity index is 958. The summed E-state index contributed by atoms with van der Waals surface area (Å²) in [6.45, 7) is 7.27. The molecule has 0 aliphatic heterocycles. The minimum Gasteiger partial charge on any atom is -0.339 e.